The van der Waals surface area contributed by atoms with Gasteiger partial charge < -0.3 is 14.4 Å². The molecular weight excluding hydrogens is 432 g/mol. The fraction of sp³-hybridized carbons (Fsp3) is 0.280. The van der Waals surface area contributed by atoms with Crippen LogP contribution in [-0.4, -0.2) is 63.3 Å². The van der Waals surface area contributed by atoms with Gasteiger partial charge in [0.2, 0.25) is 0 Å². The van der Waals surface area contributed by atoms with Crippen molar-refractivity contribution in [3.63, 3.8) is 0 Å². The molecular formula is C25H26N6O3. The van der Waals surface area contributed by atoms with Gasteiger partial charge in [-0.2, -0.15) is 14.7 Å². The molecule has 1 saturated heterocycles. The molecule has 0 unspecified atom stereocenters. The highest BCUT2D eigenvalue weighted by molar-refractivity contribution is 5.86. The zero-order valence-corrected chi connectivity index (χ0v) is 19.2. The minimum atomic E-state index is -0.401. The Bertz CT molecular complexity index is 1350. The minimum Gasteiger partial charge on any atom is -0.463 e. The summed E-state index contributed by atoms with van der Waals surface area (Å²) in [5.41, 5.74) is 4.40. The normalized spacial score (nSPS) is 14.2. The summed E-state index contributed by atoms with van der Waals surface area (Å²) < 4.78 is 14.1. The molecule has 34 heavy (non-hydrogen) atoms. The first-order valence-electron chi connectivity index (χ1n) is 11.3. The predicted octanol–water partition coefficient (Wildman–Crippen LogP) is 3.30. The number of aromatic nitrogens is 5. The second kappa shape index (κ2) is 9.48. The van der Waals surface area contributed by atoms with Gasteiger partial charge in [0.1, 0.15) is 5.82 Å². The van der Waals surface area contributed by atoms with Gasteiger partial charge >= 0.3 is 5.97 Å². The van der Waals surface area contributed by atoms with Crippen molar-refractivity contribution >= 4 is 23.5 Å². The molecule has 0 spiro atoms. The number of esters is 1. The molecule has 1 fully saturated rings. The van der Waals surface area contributed by atoms with E-state index in [1.807, 2.05) is 30.5 Å². The Hall–Kier alpha value is -3.98. The molecule has 5 rings (SSSR count). The Morgan fingerprint density at radius 2 is 2.00 bits per heavy atom. The van der Waals surface area contributed by atoms with Gasteiger partial charge in [-0.15, -0.1) is 0 Å². The molecule has 0 N–H and O–H groups in total. The maximum absolute atomic E-state index is 11.7. The third-order valence-corrected chi connectivity index (χ3v) is 5.56. The molecule has 9 nitrogen and oxygen atoms in total. The van der Waals surface area contributed by atoms with E-state index in [0.717, 1.165) is 30.2 Å². The molecule has 0 aliphatic carbocycles. The standard InChI is InChI=1S/C25H26N6O3/c1-3-34-25(32)8-7-20-16-23-26-22(17-24(31(23)27-20)29-11-13-33-14-12-29)30-10-9-21(28-30)19-6-4-5-18(2)15-19/h4-10,15-17H,3,11-14H2,1-2H3/b8-7+. The fourth-order valence-electron chi connectivity index (χ4n) is 3.93. The second-order valence-electron chi connectivity index (χ2n) is 8.01. The van der Waals surface area contributed by atoms with Crippen molar-refractivity contribution in [3.8, 4) is 17.1 Å². The number of rotatable bonds is 6. The number of carbonyl (C=O) groups excluding carboxylic acids is 1. The first kappa shape index (κ1) is 21.8. The first-order valence-corrected chi connectivity index (χ1v) is 11.3. The Morgan fingerprint density at radius 3 is 2.79 bits per heavy atom. The van der Waals surface area contributed by atoms with Crippen LogP contribution in [0.1, 0.15) is 18.2 Å². The topological polar surface area (TPSA) is 86.8 Å². The van der Waals surface area contributed by atoms with E-state index in [1.54, 1.807) is 22.2 Å². The Balaban J connectivity index is 1.55. The average Bonchev–Trinajstić information content (AvgIpc) is 3.50. The Labute approximate surface area is 197 Å². The predicted molar refractivity (Wildman–Crippen MR) is 129 cm³/mol. The van der Waals surface area contributed by atoms with Crippen molar-refractivity contribution in [2.45, 2.75) is 13.8 Å². The number of hydrogen-bond donors (Lipinski definition) is 0. The van der Waals surface area contributed by atoms with Crippen molar-refractivity contribution in [2.24, 2.45) is 0 Å². The lowest BCUT2D eigenvalue weighted by atomic mass is 10.1. The molecule has 1 aliphatic heterocycles. The highest BCUT2D eigenvalue weighted by Gasteiger charge is 2.19. The molecule has 3 aromatic heterocycles. The van der Waals surface area contributed by atoms with E-state index in [4.69, 9.17) is 19.6 Å². The summed E-state index contributed by atoms with van der Waals surface area (Å²) in [6.45, 7) is 6.97. The Kier molecular flexibility index (Phi) is 6.09. The van der Waals surface area contributed by atoms with Crippen molar-refractivity contribution in [2.75, 3.05) is 37.8 Å². The molecule has 0 atom stereocenters. The van der Waals surface area contributed by atoms with Crippen LogP contribution in [0.15, 0.2) is 54.7 Å². The second-order valence-corrected chi connectivity index (χ2v) is 8.01. The van der Waals surface area contributed by atoms with Gasteiger partial charge in [-0.05, 0) is 32.1 Å². The van der Waals surface area contributed by atoms with E-state index < -0.39 is 5.97 Å². The first-order chi connectivity index (χ1) is 16.6. The number of fused-ring (bicyclic) bond motifs is 1. The lowest BCUT2D eigenvalue weighted by Gasteiger charge is -2.29. The number of aryl methyl sites for hydroxylation is 1. The number of carbonyl (C=O) groups is 1. The summed E-state index contributed by atoms with van der Waals surface area (Å²) in [4.78, 5) is 18.8. The lowest BCUT2D eigenvalue weighted by molar-refractivity contribution is -0.137. The third kappa shape index (κ3) is 4.55. The van der Waals surface area contributed by atoms with Crippen LogP contribution in [0.5, 0.6) is 0 Å². The summed E-state index contributed by atoms with van der Waals surface area (Å²) in [7, 11) is 0. The minimum absolute atomic E-state index is 0.328. The number of anilines is 1. The number of ether oxygens (including phenoxy) is 2. The van der Waals surface area contributed by atoms with E-state index in [-0.39, 0.29) is 0 Å². The van der Waals surface area contributed by atoms with Gasteiger partial charge in [-0.3, -0.25) is 0 Å². The maximum Gasteiger partial charge on any atom is 0.330 e. The highest BCUT2D eigenvalue weighted by Crippen LogP contribution is 2.24. The molecule has 0 bridgehead atoms. The van der Waals surface area contributed by atoms with Crippen molar-refractivity contribution in [1.82, 2.24) is 24.4 Å². The zero-order valence-electron chi connectivity index (χ0n) is 19.2. The number of benzene rings is 1. The lowest BCUT2D eigenvalue weighted by Crippen LogP contribution is -2.37. The van der Waals surface area contributed by atoms with E-state index in [0.29, 0.717) is 37.0 Å². The quantitative estimate of drug-likeness (QED) is 0.324. The zero-order chi connectivity index (χ0) is 23.5. The van der Waals surface area contributed by atoms with Gasteiger partial charge in [0.05, 0.1) is 31.2 Å². The maximum atomic E-state index is 11.7. The van der Waals surface area contributed by atoms with Crippen LogP contribution in [0.3, 0.4) is 0 Å². The molecule has 1 aromatic carbocycles. The van der Waals surface area contributed by atoms with Crippen LogP contribution >= 0.6 is 0 Å². The van der Waals surface area contributed by atoms with E-state index >= 15 is 0 Å². The molecule has 9 heteroatoms. The van der Waals surface area contributed by atoms with Gasteiger partial charge in [-0.25, -0.2) is 14.5 Å². The fourth-order valence-corrected chi connectivity index (χ4v) is 3.93. The van der Waals surface area contributed by atoms with Gasteiger partial charge in [0, 0.05) is 43.1 Å². The molecule has 0 amide bonds. The molecule has 4 aromatic rings. The Morgan fingerprint density at radius 1 is 1.15 bits per heavy atom. The smallest absolute Gasteiger partial charge is 0.330 e. The summed E-state index contributed by atoms with van der Waals surface area (Å²) in [6, 6.07) is 14.1. The average molecular weight is 459 g/mol. The van der Waals surface area contributed by atoms with Gasteiger partial charge in [0.15, 0.2) is 11.5 Å². The molecule has 1 aliphatic rings. The van der Waals surface area contributed by atoms with E-state index in [1.165, 1.54) is 11.6 Å². The van der Waals surface area contributed by atoms with Crippen LogP contribution in [0.2, 0.25) is 0 Å². The van der Waals surface area contributed by atoms with Gasteiger partial charge in [0.25, 0.3) is 0 Å². The van der Waals surface area contributed by atoms with Crippen LogP contribution in [0, 0.1) is 6.92 Å². The number of hydrogen-bond acceptors (Lipinski definition) is 7. The van der Waals surface area contributed by atoms with Gasteiger partial charge in [-0.1, -0.05) is 23.8 Å². The summed E-state index contributed by atoms with van der Waals surface area (Å²) >= 11 is 0. The molecule has 4 heterocycles. The molecule has 0 radical (unpaired) electrons. The highest BCUT2D eigenvalue weighted by atomic mass is 16.5. The van der Waals surface area contributed by atoms with Crippen molar-refractivity contribution < 1.29 is 14.3 Å². The summed E-state index contributed by atoms with van der Waals surface area (Å²) in [5.74, 6) is 1.18. The van der Waals surface area contributed by atoms with E-state index in [9.17, 15) is 4.79 Å². The largest absolute Gasteiger partial charge is 0.463 e. The van der Waals surface area contributed by atoms with Crippen LogP contribution in [0.25, 0.3) is 28.8 Å². The number of nitrogens with zero attached hydrogens (tertiary/aromatic N) is 6. The van der Waals surface area contributed by atoms with E-state index in [2.05, 4.69) is 35.1 Å². The summed E-state index contributed by atoms with van der Waals surface area (Å²) in [6.07, 6.45) is 4.93. The van der Waals surface area contributed by atoms with Crippen molar-refractivity contribution in [1.29, 1.82) is 0 Å². The van der Waals surface area contributed by atoms with Crippen molar-refractivity contribution in [3.05, 3.63) is 66.0 Å². The monoisotopic (exact) mass is 458 g/mol. The number of morpholine rings is 1. The van der Waals surface area contributed by atoms with Crippen LogP contribution in [0.4, 0.5) is 5.82 Å². The molecule has 174 valence electrons. The van der Waals surface area contributed by atoms with Crippen LogP contribution in [-0.2, 0) is 14.3 Å². The summed E-state index contributed by atoms with van der Waals surface area (Å²) in [5, 5.41) is 9.44. The third-order valence-electron chi connectivity index (χ3n) is 5.56. The molecule has 0 saturated carbocycles. The van der Waals surface area contributed by atoms with Crippen LogP contribution < -0.4 is 4.90 Å². The SMILES string of the molecule is CCOC(=O)/C=C/c1cc2nc(-n3ccc(-c4cccc(C)c4)n3)cc(N3CCOCC3)n2n1.